The molecule has 1 aromatic heterocycles. The van der Waals surface area contributed by atoms with E-state index in [1.807, 2.05) is 4.90 Å². The Kier molecular flexibility index (Phi) is 8.02. The number of anilines is 1. The molecule has 10 heteroatoms. The van der Waals surface area contributed by atoms with Gasteiger partial charge in [0.15, 0.2) is 5.82 Å². The van der Waals surface area contributed by atoms with Gasteiger partial charge in [-0.3, -0.25) is 4.90 Å². The van der Waals surface area contributed by atoms with Crippen LogP contribution < -0.4 is 15.0 Å². The van der Waals surface area contributed by atoms with Gasteiger partial charge in [-0.1, -0.05) is 37.1 Å². The Labute approximate surface area is 266 Å². The largest absolute Gasteiger partial charge is 0.461 e. The van der Waals surface area contributed by atoms with E-state index in [1.54, 1.807) is 12.1 Å². The second-order valence-electron chi connectivity index (χ2n) is 13.0. The topological polar surface area (TPSA) is 53.5 Å². The molecule has 3 aromatic carbocycles. The van der Waals surface area contributed by atoms with Crippen LogP contribution >= 0.6 is 0 Å². The Balaban J connectivity index is 1.39. The first-order chi connectivity index (χ1) is 22.3. The van der Waals surface area contributed by atoms with Gasteiger partial charge in [0.2, 0.25) is 0 Å². The minimum Gasteiger partial charge on any atom is -0.461 e. The Morgan fingerprint density at radius 3 is 2.74 bits per heavy atom. The summed E-state index contributed by atoms with van der Waals surface area (Å²) < 4.78 is 68.0. The monoisotopic (exact) mass is 631 g/mol. The summed E-state index contributed by atoms with van der Waals surface area (Å²) in [6, 6.07) is 9.08. The maximum absolute atomic E-state index is 16.9. The normalized spacial score (nSPS) is 24.9. The lowest BCUT2D eigenvalue weighted by molar-refractivity contribution is 0.0772. The van der Waals surface area contributed by atoms with Crippen molar-refractivity contribution in [2.24, 2.45) is 0 Å². The number of aromatic nitrogens is 2. The first kappa shape index (κ1) is 30.7. The van der Waals surface area contributed by atoms with Crippen molar-refractivity contribution in [3.05, 3.63) is 59.4 Å². The van der Waals surface area contributed by atoms with Crippen molar-refractivity contribution in [2.45, 2.75) is 69.6 Å². The zero-order valence-corrected chi connectivity index (χ0v) is 26.1. The number of rotatable bonds is 7. The fourth-order valence-electron chi connectivity index (χ4n) is 7.99. The molecular weight excluding hydrogens is 594 g/mol. The van der Waals surface area contributed by atoms with Crippen molar-refractivity contribution in [2.75, 3.05) is 37.8 Å². The zero-order chi connectivity index (χ0) is 32.2. The van der Waals surface area contributed by atoms with Crippen molar-refractivity contribution >= 4 is 27.5 Å². The summed E-state index contributed by atoms with van der Waals surface area (Å²) in [5, 5.41) is 4.59. The van der Waals surface area contributed by atoms with Crippen LogP contribution in [0.25, 0.3) is 32.8 Å². The van der Waals surface area contributed by atoms with E-state index in [1.165, 1.54) is 24.3 Å². The number of nitrogens with zero attached hydrogens (tertiary/aromatic N) is 4. The maximum Gasteiger partial charge on any atom is 0.319 e. The third-order valence-corrected chi connectivity index (χ3v) is 10.2. The van der Waals surface area contributed by atoms with Crippen LogP contribution in [0.3, 0.4) is 0 Å². The van der Waals surface area contributed by atoms with Gasteiger partial charge in [-0.05, 0) is 68.7 Å². The second kappa shape index (κ2) is 12.0. The third kappa shape index (κ3) is 5.05. The molecule has 46 heavy (non-hydrogen) atoms. The number of ether oxygens (including phenoxy) is 1. The predicted octanol–water partition coefficient (Wildman–Crippen LogP) is 6.77. The van der Waals surface area contributed by atoms with Crippen LogP contribution in [0.1, 0.15) is 51.5 Å². The molecule has 0 spiro atoms. The van der Waals surface area contributed by atoms with E-state index in [9.17, 15) is 8.78 Å². The lowest BCUT2D eigenvalue weighted by Crippen LogP contribution is -2.55. The fourth-order valence-corrected chi connectivity index (χ4v) is 7.99. The number of hydrogen-bond donors (Lipinski definition) is 1. The molecule has 4 aromatic rings. The summed E-state index contributed by atoms with van der Waals surface area (Å²) in [7, 11) is 0. The summed E-state index contributed by atoms with van der Waals surface area (Å²) in [5.74, 6) is 0.365. The first-order valence-electron chi connectivity index (χ1n) is 16.1. The summed E-state index contributed by atoms with van der Waals surface area (Å²) >= 11 is 0. The molecule has 0 unspecified atom stereocenters. The van der Waals surface area contributed by atoms with Crippen molar-refractivity contribution < 1.29 is 22.3 Å². The fraction of sp³-hybridized carbons (Fsp3) is 0.444. The van der Waals surface area contributed by atoms with Gasteiger partial charge < -0.3 is 15.0 Å². The van der Waals surface area contributed by atoms with E-state index in [-0.39, 0.29) is 69.3 Å². The number of hydrogen-bond acceptors (Lipinski definition) is 6. The van der Waals surface area contributed by atoms with E-state index < -0.39 is 24.1 Å². The van der Waals surface area contributed by atoms with Crippen LogP contribution in [0.5, 0.6) is 6.01 Å². The molecule has 3 fully saturated rings. The van der Waals surface area contributed by atoms with E-state index in [0.29, 0.717) is 24.3 Å². The molecule has 4 atom stereocenters. The standard InChI is InChI=1S/C36H37F4N5O/c1-4-23-19-44(18-21(3)41-23)34-27-16-29(39)31(26-9-6-8-22-10-11-28(38)25(5-2)30(22)26)32(40)33(27)42-35(43-34)46-20-36-13-7-15-45(36)24(17-37)12-14-36/h2,6,8-11,16,21,23-24,41H,4,7,12-15,17-20H2,1,3H3/t21-,23-,24+,36+/m1/s1. The van der Waals surface area contributed by atoms with Crippen molar-refractivity contribution in [1.29, 1.82) is 0 Å². The SMILES string of the molecule is C#Cc1c(F)ccc2cccc(-c3c(F)cc4c(N5C[C@@H](CC)N[C@H](C)C5)nc(OC[C@@]56CCCN5[C@H](CF)CC6)nc4c3F)c12. The Bertz CT molecular complexity index is 1860. The van der Waals surface area contributed by atoms with Crippen LogP contribution in [0.4, 0.5) is 23.4 Å². The summed E-state index contributed by atoms with van der Waals surface area (Å²) in [6.45, 7) is 5.94. The van der Waals surface area contributed by atoms with Crippen LogP contribution in [0.2, 0.25) is 0 Å². The number of benzene rings is 3. The Morgan fingerprint density at radius 2 is 1.96 bits per heavy atom. The lowest BCUT2D eigenvalue weighted by atomic mass is 9.93. The van der Waals surface area contributed by atoms with Crippen LogP contribution in [-0.2, 0) is 0 Å². The molecule has 0 amide bonds. The molecule has 6 nitrogen and oxygen atoms in total. The molecule has 4 heterocycles. The van der Waals surface area contributed by atoms with Gasteiger partial charge >= 0.3 is 6.01 Å². The highest BCUT2D eigenvalue weighted by atomic mass is 19.1. The number of piperazine rings is 1. The molecule has 3 aliphatic heterocycles. The average Bonchev–Trinajstić information content (AvgIpc) is 3.62. The van der Waals surface area contributed by atoms with Gasteiger partial charge in [0.1, 0.15) is 36.3 Å². The average molecular weight is 632 g/mol. The van der Waals surface area contributed by atoms with Crippen LogP contribution in [0.15, 0.2) is 36.4 Å². The molecule has 3 saturated heterocycles. The molecule has 0 saturated carbocycles. The molecule has 1 N–H and O–H groups in total. The second-order valence-corrected chi connectivity index (χ2v) is 13.0. The van der Waals surface area contributed by atoms with E-state index >= 15 is 8.78 Å². The maximum atomic E-state index is 16.9. The highest BCUT2D eigenvalue weighted by Gasteiger charge is 2.50. The first-order valence-corrected chi connectivity index (χ1v) is 16.1. The molecule has 240 valence electrons. The number of fused-ring (bicyclic) bond motifs is 3. The third-order valence-electron chi connectivity index (χ3n) is 10.2. The molecule has 0 radical (unpaired) electrons. The molecule has 7 rings (SSSR count). The Morgan fingerprint density at radius 1 is 1.11 bits per heavy atom. The minimum atomic E-state index is -0.905. The van der Waals surface area contributed by atoms with Gasteiger partial charge in [0.25, 0.3) is 0 Å². The Hall–Kier alpha value is -3.94. The highest BCUT2D eigenvalue weighted by Crippen LogP contribution is 2.44. The van der Waals surface area contributed by atoms with Crippen molar-refractivity contribution in [1.82, 2.24) is 20.2 Å². The van der Waals surface area contributed by atoms with Crippen LogP contribution in [0, 0.1) is 29.8 Å². The smallest absolute Gasteiger partial charge is 0.319 e. The van der Waals surface area contributed by atoms with Gasteiger partial charge in [0.05, 0.1) is 16.7 Å². The highest BCUT2D eigenvalue weighted by molar-refractivity contribution is 6.03. The predicted molar refractivity (Wildman–Crippen MR) is 172 cm³/mol. The zero-order valence-electron chi connectivity index (χ0n) is 26.1. The number of terminal acetylenes is 1. The number of alkyl halides is 1. The van der Waals surface area contributed by atoms with Gasteiger partial charge in [-0.25, -0.2) is 17.6 Å². The van der Waals surface area contributed by atoms with E-state index in [4.69, 9.17) is 16.1 Å². The van der Waals surface area contributed by atoms with Crippen LogP contribution in [-0.4, -0.2) is 71.4 Å². The molecular formula is C36H37F4N5O. The van der Waals surface area contributed by atoms with Crippen molar-refractivity contribution in [3.8, 4) is 29.5 Å². The number of nitrogens with one attached hydrogen (secondary N) is 1. The van der Waals surface area contributed by atoms with E-state index in [2.05, 4.69) is 35.0 Å². The number of halogens is 4. The van der Waals surface area contributed by atoms with Crippen molar-refractivity contribution in [3.63, 3.8) is 0 Å². The summed E-state index contributed by atoms with van der Waals surface area (Å²) in [6.07, 6.45) is 9.91. The van der Waals surface area contributed by atoms with Gasteiger partial charge in [-0.2, -0.15) is 9.97 Å². The molecule has 0 bridgehead atoms. The molecule has 0 aliphatic carbocycles. The van der Waals surface area contributed by atoms with Gasteiger partial charge in [0, 0.05) is 42.0 Å². The lowest BCUT2D eigenvalue weighted by Gasteiger charge is -2.38. The minimum absolute atomic E-state index is 0.0172. The van der Waals surface area contributed by atoms with E-state index in [0.717, 1.165) is 38.6 Å². The summed E-state index contributed by atoms with van der Waals surface area (Å²) in [5.41, 5.74) is -0.700. The molecule has 3 aliphatic rings. The van der Waals surface area contributed by atoms with Gasteiger partial charge in [-0.15, -0.1) is 6.42 Å². The quantitative estimate of drug-likeness (QED) is 0.180. The summed E-state index contributed by atoms with van der Waals surface area (Å²) in [4.78, 5) is 13.6.